The lowest BCUT2D eigenvalue weighted by atomic mass is 9.88. The molecule has 0 bridgehead atoms. The van der Waals surface area contributed by atoms with Gasteiger partial charge in [-0.15, -0.1) is 0 Å². The fourth-order valence-electron chi connectivity index (χ4n) is 3.97. The van der Waals surface area contributed by atoms with Gasteiger partial charge in [0.25, 0.3) is 11.7 Å². The Labute approximate surface area is 222 Å². The maximum atomic E-state index is 13.2. The molecule has 0 unspecified atom stereocenters. The van der Waals surface area contributed by atoms with E-state index >= 15 is 0 Å². The van der Waals surface area contributed by atoms with Gasteiger partial charge in [-0.3, -0.25) is 9.59 Å². The molecule has 0 radical (unpaired) electrons. The summed E-state index contributed by atoms with van der Waals surface area (Å²) in [5, 5.41) is 47.4. The van der Waals surface area contributed by atoms with Crippen LogP contribution in [0.1, 0.15) is 29.3 Å². The number of carboxylic acid groups (broad SMARTS) is 1. The predicted octanol–water partition coefficient (Wildman–Crippen LogP) is 0.583. The number of amides is 2. The van der Waals surface area contributed by atoms with E-state index in [1.54, 1.807) is 0 Å². The van der Waals surface area contributed by atoms with Gasteiger partial charge in [0.15, 0.2) is 0 Å². The molecule has 3 rings (SSSR count). The van der Waals surface area contributed by atoms with E-state index in [4.69, 9.17) is 21.1 Å². The number of hydrogen-bond acceptors (Lipinski definition) is 8. The van der Waals surface area contributed by atoms with Gasteiger partial charge in [0.1, 0.15) is 18.0 Å². The maximum Gasteiger partial charge on any atom is 0.364 e. The first-order valence-corrected chi connectivity index (χ1v) is 11.9. The highest BCUT2D eigenvalue weighted by molar-refractivity contribution is 6.30. The van der Waals surface area contributed by atoms with Crippen molar-refractivity contribution in [3.8, 4) is 0 Å². The molecule has 1 aliphatic heterocycles. The molecule has 11 nitrogen and oxygen atoms in total. The van der Waals surface area contributed by atoms with E-state index < -0.39 is 72.8 Å². The van der Waals surface area contributed by atoms with E-state index in [0.717, 1.165) is 19.1 Å². The summed E-state index contributed by atoms with van der Waals surface area (Å²) in [5.41, 5.74) is 0.631. The van der Waals surface area contributed by atoms with Crippen LogP contribution in [0.2, 0.25) is 5.02 Å². The SMILES string of the molecule is CC(=O)N[C@H]1[C@H]([C@@H](O)[C@H](O)CNC(=O)c2ccc(Cl)cc2)O[C@@](OCc2ccc(F)cc2)(C(=O)O)C[C@@H]1O. The number of benzene rings is 2. The monoisotopic (exact) mass is 554 g/mol. The first-order valence-electron chi connectivity index (χ1n) is 11.6. The summed E-state index contributed by atoms with van der Waals surface area (Å²) in [6.45, 7) is 0.303. The van der Waals surface area contributed by atoms with Crippen LogP contribution in [0.25, 0.3) is 0 Å². The van der Waals surface area contributed by atoms with Gasteiger partial charge in [-0.25, -0.2) is 9.18 Å². The van der Waals surface area contributed by atoms with E-state index in [-0.39, 0.29) is 12.2 Å². The van der Waals surface area contributed by atoms with Gasteiger partial charge in [0.2, 0.25) is 5.91 Å². The number of carboxylic acids is 1. The molecule has 1 fully saturated rings. The second-order valence-electron chi connectivity index (χ2n) is 8.83. The lowest BCUT2D eigenvalue weighted by molar-refractivity contribution is -0.314. The Morgan fingerprint density at radius 1 is 1.16 bits per heavy atom. The first kappa shape index (κ1) is 29.4. The van der Waals surface area contributed by atoms with Crippen LogP contribution in [0.5, 0.6) is 0 Å². The summed E-state index contributed by atoms with van der Waals surface area (Å²) in [6.07, 6.45) is -7.48. The Morgan fingerprint density at radius 2 is 1.79 bits per heavy atom. The van der Waals surface area contributed by atoms with E-state index in [1.807, 2.05) is 0 Å². The molecule has 0 aliphatic carbocycles. The number of nitrogens with one attached hydrogen (secondary N) is 2. The molecule has 2 aromatic rings. The van der Waals surface area contributed by atoms with Crippen molar-refractivity contribution in [2.45, 2.75) is 56.2 Å². The highest BCUT2D eigenvalue weighted by Crippen LogP contribution is 2.34. The van der Waals surface area contributed by atoms with Crippen LogP contribution >= 0.6 is 11.6 Å². The lowest BCUT2D eigenvalue weighted by Gasteiger charge is -2.46. The number of carbonyl (C=O) groups excluding carboxylic acids is 2. The van der Waals surface area contributed by atoms with E-state index in [0.29, 0.717) is 10.6 Å². The largest absolute Gasteiger partial charge is 0.477 e. The van der Waals surface area contributed by atoms with Crippen LogP contribution in [0.15, 0.2) is 48.5 Å². The summed E-state index contributed by atoms with van der Waals surface area (Å²) in [7, 11) is 0. The minimum atomic E-state index is -2.49. The number of hydrogen-bond donors (Lipinski definition) is 6. The third-order valence-corrected chi connectivity index (χ3v) is 6.21. The van der Waals surface area contributed by atoms with Crippen LogP contribution in [-0.2, 0) is 25.7 Å². The summed E-state index contributed by atoms with van der Waals surface area (Å²) >= 11 is 5.81. The Balaban J connectivity index is 1.78. The second-order valence-corrected chi connectivity index (χ2v) is 9.26. The highest BCUT2D eigenvalue weighted by Gasteiger charge is 2.55. The van der Waals surface area contributed by atoms with Crippen molar-refractivity contribution in [1.29, 1.82) is 0 Å². The number of ether oxygens (including phenoxy) is 2. The highest BCUT2D eigenvalue weighted by atomic mass is 35.5. The number of aliphatic hydroxyl groups excluding tert-OH is 3. The zero-order valence-electron chi connectivity index (χ0n) is 20.2. The Kier molecular flexibility index (Phi) is 9.77. The molecule has 206 valence electrons. The van der Waals surface area contributed by atoms with Gasteiger partial charge < -0.3 is 40.5 Å². The van der Waals surface area contributed by atoms with Crippen molar-refractivity contribution in [3.63, 3.8) is 0 Å². The zero-order valence-corrected chi connectivity index (χ0v) is 21.0. The number of carbonyl (C=O) groups is 3. The number of aliphatic hydroxyl groups is 3. The summed E-state index contributed by atoms with van der Waals surface area (Å²) in [5.74, 6) is -5.83. The number of halogens is 2. The molecule has 0 saturated carbocycles. The first-order chi connectivity index (χ1) is 17.9. The van der Waals surface area contributed by atoms with Crippen molar-refractivity contribution in [2.24, 2.45) is 0 Å². The molecular weight excluding hydrogens is 527 g/mol. The van der Waals surface area contributed by atoms with Crippen molar-refractivity contribution in [1.82, 2.24) is 10.6 Å². The van der Waals surface area contributed by atoms with Crippen LogP contribution in [-0.4, -0.2) is 81.0 Å². The Morgan fingerprint density at radius 3 is 2.37 bits per heavy atom. The third-order valence-electron chi connectivity index (χ3n) is 5.96. The molecule has 2 aromatic carbocycles. The fraction of sp³-hybridized carbons (Fsp3) is 0.400. The third kappa shape index (κ3) is 7.25. The van der Waals surface area contributed by atoms with E-state index in [2.05, 4.69) is 10.6 Å². The van der Waals surface area contributed by atoms with Gasteiger partial charge in [-0.05, 0) is 42.0 Å². The van der Waals surface area contributed by atoms with Gasteiger partial charge in [-0.2, -0.15) is 0 Å². The number of rotatable bonds is 10. The standard InChI is InChI=1S/C25H28ClFN2O9/c1-13(30)29-20-18(31)10-25(24(35)36,37-12-14-2-8-17(27)9-3-14)38-22(20)21(33)19(32)11-28-23(34)15-4-6-16(26)7-5-15/h2-9,18-22,31-33H,10-12H2,1H3,(H,28,34)(H,29,30)(H,35,36)/t18-,19+,20+,21-,22+,25+/m0/s1. The average Bonchev–Trinajstić information content (AvgIpc) is 2.87. The average molecular weight is 555 g/mol. The molecule has 6 atom stereocenters. The summed E-state index contributed by atoms with van der Waals surface area (Å²) in [4.78, 5) is 36.4. The Bertz CT molecular complexity index is 1130. The van der Waals surface area contributed by atoms with Crippen molar-refractivity contribution in [2.75, 3.05) is 6.54 Å². The quantitative estimate of drug-likeness (QED) is 0.245. The van der Waals surface area contributed by atoms with Crippen LogP contribution < -0.4 is 10.6 Å². The second kappa shape index (κ2) is 12.6. The molecule has 0 spiro atoms. The van der Waals surface area contributed by atoms with Crippen molar-refractivity contribution in [3.05, 3.63) is 70.5 Å². The molecular formula is C25H28ClFN2O9. The normalized spacial score (nSPS) is 24.7. The van der Waals surface area contributed by atoms with Gasteiger partial charge in [0, 0.05) is 30.5 Å². The molecule has 13 heteroatoms. The zero-order chi connectivity index (χ0) is 28.0. The number of aliphatic carboxylic acids is 1. The van der Waals surface area contributed by atoms with Crippen LogP contribution in [0.4, 0.5) is 4.39 Å². The summed E-state index contributed by atoms with van der Waals surface area (Å²) in [6, 6.07) is 9.59. The molecule has 38 heavy (non-hydrogen) atoms. The predicted molar refractivity (Wildman–Crippen MR) is 130 cm³/mol. The topological polar surface area (TPSA) is 175 Å². The van der Waals surface area contributed by atoms with E-state index in [9.17, 15) is 39.2 Å². The minimum Gasteiger partial charge on any atom is -0.477 e. The molecule has 0 aromatic heterocycles. The van der Waals surface area contributed by atoms with Gasteiger partial charge >= 0.3 is 5.97 Å². The van der Waals surface area contributed by atoms with Gasteiger partial charge in [-0.1, -0.05) is 23.7 Å². The Hall–Kier alpha value is -3.13. The fourth-order valence-corrected chi connectivity index (χ4v) is 4.10. The molecule has 6 N–H and O–H groups in total. The van der Waals surface area contributed by atoms with Gasteiger partial charge in [0.05, 0.1) is 24.9 Å². The molecule has 1 aliphatic rings. The van der Waals surface area contributed by atoms with E-state index in [1.165, 1.54) is 36.4 Å². The minimum absolute atomic E-state index is 0.232. The smallest absolute Gasteiger partial charge is 0.364 e. The summed E-state index contributed by atoms with van der Waals surface area (Å²) < 4.78 is 24.4. The lowest BCUT2D eigenvalue weighted by Crippen LogP contribution is -2.68. The molecule has 1 saturated heterocycles. The molecule has 1 heterocycles. The van der Waals surface area contributed by atoms with Crippen molar-refractivity contribution >= 4 is 29.4 Å². The molecule has 2 amide bonds. The maximum absolute atomic E-state index is 13.2. The van der Waals surface area contributed by atoms with Crippen LogP contribution in [0.3, 0.4) is 0 Å². The van der Waals surface area contributed by atoms with Crippen LogP contribution in [0, 0.1) is 5.82 Å². The van der Waals surface area contributed by atoms with Crippen molar-refractivity contribution < 1.29 is 48.7 Å².